The maximum Gasteiger partial charge on any atom is 0.264 e. The number of aliphatic hydroxyl groups excluding tert-OH is 1. The van der Waals surface area contributed by atoms with Crippen LogP contribution in [-0.4, -0.2) is 125 Å². The van der Waals surface area contributed by atoms with Crippen molar-refractivity contribution in [3.8, 4) is 5.75 Å². The van der Waals surface area contributed by atoms with Gasteiger partial charge in [-0.25, -0.2) is 0 Å². The van der Waals surface area contributed by atoms with Crippen LogP contribution in [-0.2, 0) is 36.1 Å². The van der Waals surface area contributed by atoms with Crippen molar-refractivity contribution in [2.75, 3.05) is 84.3 Å². The number of carbonyl (C=O) groups excluding carboxylic acids is 4. The van der Waals surface area contributed by atoms with Crippen LogP contribution in [0, 0.1) is 5.92 Å². The molecule has 6 saturated heterocycles. The van der Waals surface area contributed by atoms with E-state index in [1.807, 2.05) is 111 Å². The summed E-state index contributed by atoms with van der Waals surface area (Å²) in [6, 6.07) is 42.3. The van der Waals surface area contributed by atoms with Crippen molar-refractivity contribution in [1.29, 1.82) is 0 Å². The van der Waals surface area contributed by atoms with Crippen LogP contribution in [0.1, 0.15) is 63.0 Å². The van der Waals surface area contributed by atoms with Gasteiger partial charge in [-0.2, -0.15) is 0 Å². The summed E-state index contributed by atoms with van der Waals surface area (Å²) in [5, 5.41) is 18.5. The minimum Gasteiger partial charge on any atom is -0.497 e. The van der Waals surface area contributed by atoms with Gasteiger partial charge in [-0.15, -0.1) is 0 Å². The smallest absolute Gasteiger partial charge is 0.264 e. The van der Waals surface area contributed by atoms with Gasteiger partial charge < -0.3 is 44.8 Å². The van der Waals surface area contributed by atoms with Crippen molar-refractivity contribution < 1.29 is 33.8 Å². The molecule has 7 aliphatic heterocycles. The summed E-state index contributed by atoms with van der Waals surface area (Å²) in [6.45, 7) is 11.1. The van der Waals surface area contributed by atoms with Gasteiger partial charge >= 0.3 is 0 Å². The number of fused-ring (bicyclic) bond motifs is 2. The van der Waals surface area contributed by atoms with E-state index >= 15 is 9.59 Å². The van der Waals surface area contributed by atoms with Crippen LogP contribution >= 0.6 is 0 Å². The van der Waals surface area contributed by atoms with Gasteiger partial charge in [-0.1, -0.05) is 85.9 Å². The van der Waals surface area contributed by atoms with E-state index in [-0.39, 0.29) is 54.8 Å². The molecule has 402 valence electrons. The van der Waals surface area contributed by atoms with Gasteiger partial charge in [0.05, 0.1) is 65.9 Å². The fourth-order valence-electron chi connectivity index (χ4n) is 14.8. The molecule has 3 N–H and O–H groups in total. The van der Waals surface area contributed by atoms with Crippen LogP contribution < -0.4 is 45.1 Å². The molecule has 0 radical (unpaired) electrons. The lowest BCUT2D eigenvalue weighted by Crippen LogP contribution is -2.55. The Kier molecular flexibility index (Phi) is 13.3. The summed E-state index contributed by atoms with van der Waals surface area (Å²) >= 11 is 0. The molecule has 0 bridgehead atoms. The highest BCUT2D eigenvalue weighted by atomic mass is 28.3. The van der Waals surface area contributed by atoms with Gasteiger partial charge in [0.15, 0.2) is 5.60 Å². The topological polar surface area (TPSA) is 150 Å². The van der Waals surface area contributed by atoms with Crippen LogP contribution in [0.5, 0.6) is 5.75 Å². The quantitative estimate of drug-likeness (QED) is 0.115. The molecule has 5 aromatic rings. The lowest BCUT2D eigenvalue weighted by atomic mass is 9.82. The molecule has 5 aromatic carbocycles. The summed E-state index contributed by atoms with van der Waals surface area (Å²) in [7, 11) is -1.02. The Morgan fingerprint density at radius 2 is 1.29 bits per heavy atom. The van der Waals surface area contributed by atoms with Crippen molar-refractivity contribution in [3.05, 3.63) is 139 Å². The van der Waals surface area contributed by atoms with Gasteiger partial charge in [-0.05, 0) is 143 Å². The molecular formula is C61H72N8O7Si. The zero-order chi connectivity index (χ0) is 53.3. The number of benzene rings is 5. The number of nitrogens with zero attached hydrogens (tertiary/aromatic N) is 6. The predicted molar refractivity (Wildman–Crippen MR) is 302 cm³/mol. The number of anilines is 5. The zero-order valence-electron chi connectivity index (χ0n) is 44.8. The summed E-state index contributed by atoms with van der Waals surface area (Å²) in [5.74, 6) is 0.125. The molecular weight excluding hydrogens is 985 g/mol. The van der Waals surface area contributed by atoms with E-state index < -0.39 is 36.8 Å². The Labute approximate surface area is 453 Å². The second-order valence-corrected chi connectivity index (χ2v) is 27.7. The Balaban J connectivity index is 0.957. The summed E-state index contributed by atoms with van der Waals surface area (Å²) in [5.41, 5.74) is 2.48. The van der Waals surface area contributed by atoms with Crippen molar-refractivity contribution in [2.24, 2.45) is 5.92 Å². The summed E-state index contributed by atoms with van der Waals surface area (Å²) < 4.78 is 13.2. The minimum absolute atomic E-state index is 0.0299. The van der Waals surface area contributed by atoms with Crippen molar-refractivity contribution in [2.45, 2.75) is 106 Å². The van der Waals surface area contributed by atoms with E-state index in [1.165, 1.54) is 0 Å². The zero-order valence-corrected chi connectivity index (χ0v) is 45.8. The molecule has 0 saturated carbocycles. The standard InChI is InChI=1S/C61H72N8O7Si/c1-42-55(77(3,4)50-23-21-49(75-2)22-24-50)53(37-54(71)64-34-12-19-48(64)39-70)76-61(42)51-36-47(67-41-69(45-16-9-6-10-17-45)60(57(67)73)28-32-63-33-29-60)20-25-52(51)65(58(61)74)38-43-13-11-18-46(35-43)66-40-68(44-14-7-5-8-15-44)59(56(66)72)26-30-62-31-27-59/h5-11,13-18,20-25,35-36,42,48,53,55,62-63,70H,12,19,26-34,37-41H2,1-4H3/t42-,48-,53+,55-,61+/m0/s1. The first-order chi connectivity index (χ1) is 37.3. The maximum absolute atomic E-state index is 16.3. The first-order valence-corrected chi connectivity index (χ1v) is 30.9. The van der Waals surface area contributed by atoms with Crippen molar-refractivity contribution in [3.63, 3.8) is 0 Å². The van der Waals surface area contributed by atoms with E-state index in [2.05, 4.69) is 76.8 Å². The predicted octanol–water partition coefficient (Wildman–Crippen LogP) is 6.70. The molecule has 6 fully saturated rings. The molecule has 3 spiro atoms. The Morgan fingerprint density at radius 3 is 1.86 bits per heavy atom. The lowest BCUT2D eigenvalue weighted by molar-refractivity contribution is -0.150. The molecule has 7 heterocycles. The fourth-order valence-corrected chi connectivity index (χ4v) is 18.8. The molecule has 0 aliphatic carbocycles. The lowest BCUT2D eigenvalue weighted by Gasteiger charge is -2.39. The van der Waals surface area contributed by atoms with E-state index in [0.717, 1.165) is 59.5 Å². The summed E-state index contributed by atoms with van der Waals surface area (Å²) in [4.78, 5) is 73.1. The Hall–Kier alpha value is -6.56. The fraction of sp³-hybridized carbons (Fsp3) is 0.443. The van der Waals surface area contributed by atoms with Gasteiger partial charge in [0, 0.05) is 40.8 Å². The number of rotatable bonds is 12. The average Bonchev–Trinajstić information content (AvgIpc) is 4.35. The van der Waals surface area contributed by atoms with E-state index in [0.29, 0.717) is 75.6 Å². The van der Waals surface area contributed by atoms with Crippen LogP contribution in [0.2, 0.25) is 18.6 Å². The highest BCUT2D eigenvalue weighted by Gasteiger charge is 2.67. The molecule has 5 atom stereocenters. The third kappa shape index (κ3) is 8.27. The number of carbonyl (C=O) groups is 4. The van der Waals surface area contributed by atoms with E-state index in [4.69, 9.17) is 9.47 Å². The number of nitrogens with one attached hydrogen (secondary N) is 2. The maximum atomic E-state index is 16.3. The second-order valence-electron chi connectivity index (χ2n) is 23.0. The van der Waals surface area contributed by atoms with Crippen LogP contribution in [0.15, 0.2) is 127 Å². The molecule has 0 unspecified atom stereocenters. The minimum atomic E-state index is -2.67. The number of hydrogen-bond acceptors (Lipinski definition) is 11. The monoisotopic (exact) mass is 1060 g/mol. The summed E-state index contributed by atoms with van der Waals surface area (Å²) in [6.07, 6.45) is 3.64. The number of hydrogen-bond donors (Lipinski definition) is 3. The SMILES string of the molecule is COc1ccc([Si](C)(C)[C@@H]2[C@@H](CC(=O)N3CCC[C@H]3CO)O[C@]3(C(=O)N(Cc4cccc(N5CN(c6ccccc6)C6(CCNCC6)C5=O)c4)c4ccc(N5CN(c6ccccc6)C6(CCNCC6)C5=O)cc43)[C@H]2C)cc1. The molecule has 15 nitrogen and oxygen atoms in total. The normalized spacial score (nSPS) is 25.8. The highest BCUT2D eigenvalue weighted by molar-refractivity contribution is 6.91. The van der Waals surface area contributed by atoms with Gasteiger partial charge in [0.1, 0.15) is 16.8 Å². The molecule has 7 aliphatic rings. The highest BCUT2D eigenvalue weighted by Crippen LogP contribution is 2.61. The molecule has 0 aromatic heterocycles. The van der Waals surface area contributed by atoms with E-state index in [1.54, 1.807) is 7.11 Å². The number of methoxy groups -OCH3 is 1. The largest absolute Gasteiger partial charge is 0.497 e. The third-order valence-electron chi connectivity index (χ3n) is 18.9. The average molecular weight is 1060 g/mol. The first kappa shape index (κ1) is 51.2. The van der Waals surface area contributed by atoms with E-state index in [9.17, 15) is 14.7 Å². The van der Waals surface area contributed by atoms with Crippen molar-refractivity contribution >= 4 is 65.3 Å². The van der Waals surface area contributed by atoms with Gasteiger partial charge in [0.2, 0.25) is 5.91 Å². The van der Waals surface area contributed by atoms with Crippen LogP contribution in [0.3, 0.4) is 0 Å². The number of likely N-dealkylation sites (tertiary alicyclic amines) is 1. The number of ether oxygens (including phenoxy) is 2. The second kappa shape index (κ2) is 20.0. The van der Waals surface area contributed by atoms with Crippen LogP contribution in [0.25, 0.3) is 0 Å². The van der Waals surface area contributed by atoms with Crippen LogP contribution in [0.4, 0.5) is 28.4 Å². The number of para-hydroxylation sites is 2. The van der Waals surface area contributed by atoms with Gasteiger partial charge in [-0.3, -0.25) is 29.0 Å². The third-order valence-corrected chi connectivity index (χ3v) is 23.2. The number of piperidine rings is 2. The Morgan fingerprint density at radius 1 is 0.714 bits per heavy atom. The first-order valence-electron chi connectivity index (χ1n) is 27.8. The Bertz CT molecular complexity index is 3040. The molecule has 16 heteroatoms. The number of aliphatic hydroxyl groups is 1. The molecule has 77 heavy (non-hydrogen) atoms. The van der Waals surface area contributed by atoms with Gasteiger partial charge in [0.25, 0.3) is 17.7 Å². The molecule has 4 amide bonds. The number of amides is 4. The van der Waals surface area contributed by atoms with Crippen molar-refractivity contribution in [1.82, 2.24) is 15.5 Å². The molecule has 12 rings (SSSR count).